The van der Waals surface area contributed by atoms with Gasteiger partial charge in [-0.25, -0.2) is 4.98 Å². The molecule has 1 fully saturated rings. The van der Waals surface area contributed by atoms with Gasteiger partial charge in [0.05, 0.1) is 0 Å². The highest BCUT2D eigenvalue weighted by atomic mass is 35.5. The number of nitrogens with zero attached hydrogens (tertiary/aromatic N) is 2. The van der Waals surface area contributed by atoms with Crippen LogP contribution in [-0.2, 0) is 9.59 Å². The second-order valence-corrected chi connectivity index (χ2v) is 5.72. The largest absolute Gasteiger partial charge is 0.343 e. The lowest BCUT2D eigenvalue weighted by Gasteiger charge is -2.31. The Bertz CT molecular complexity index is 517. The Kier molecular flexibility index (Phi) is 10.6. The Hall–Kier alpha value is -1.37. The van der Waals surface area contributed by atoms with Crippen molar-refractivity contribution >= 4 is 42.4 Å². The first-order valence-corrected chi connectivity index (χ1v) is 7.76. The van der Waals surface area contributed by atoms with Gasteiger partial charge in [0.25, 0.3) is 0 Å². The zero-order valence-corrected chi connectivity index (χ0v) is 15.7. The number of carbonyl (C=O) groups is 2. The first kappa shape index (κ1) is 22.6. The third-order valence-electron chi connectivity index (χ3n) is 3.97. The maximum absolute atomic E-state index is 12.2. The number of hydrogen-bond donors (Lipinski definition) is 2. The van der Waals surface area contributed by atoms with Crippen molar-refractivity contribution in [1.82, 2.24) is 15.2 Å². The molecule has 1 saturated heterocycles. The number of aryl methyl sites for hydroxylation is 1. The third kappa shape index (κ3) is 6.63. The summed E-state index contributed by atoms with van der Waals surface area (Å²) in [7, 11) is 1.84. The molecule has 2 N–H and O–H groups in total. The monoisotopic (exact) mass is 376 g/mol. The number of piperidine rings is 1. The number of rotatable bonds is 5. The number of carbonyl (C=O) groups excluding carboxylic acids is 2. The molecule has 136 valence electrons. The second-order valence-electron chi connectivity index (χ2n) is 5.72. The predicted octanol–water partition coefficient (Wildman–Crippen LogP) is 2.02. The lowest BCUT2D eigenvalue weighted by atomic mass is 9.95. The van der Waals surface area contributed by atoms with Crippen molar-refractivity contribution in [3.63, 3.8) is 0 Å². The van der Waals surface area contributed by atoms with Crippen molar-refractivity contribution in [2.45, 2.75) is 26.2 Å². The highest BCUT2D eigenvalue weighted by Crippen LogP contribution is 2.19. The summed E-state index contributed by atoms with van der Waals surface area (Å²) in [5.74, 6) is 0.701. The van der Waals surface area contributed by atoms with Crippen LogP contribution in [0.3, 0.4) is 0 Å². The summed E-state index contributed by atoms with van der Waals surface area (Å²) in [5, 5.41) is 5.83. The van der Waals surface area contributed by atoms with Gasteiger partial charge in [-0.2, -0.15) is 0 Å². The minimum atomic E-state index is -0.0450. The molecule has 0 unspecified atom stereocenters. The van der Waals surface area contributed by atoms with E-state index in [0.29, 0.717) is 44.7 Å². The number of aromatic nitrogens is 1. The molecule has 2 rings (SSSR count). The Balaban J connectivity index is 0.00000264. The van der Waals surface area contributed by atoms with E-state index in [9.17, 15) is 9.59 Å². The first-order chi connectivity index (χ1) is 10.6. The van der Waals surface area contributed by atoms with Gasteiger partial charge in [0.2, 0.25) is 11.8 Å². The summed E-state index contributed by atoms with van der Waals surface area (Å²) in [6, 6.07) is 3.73. The van der Waals surface area contributed by atoms with Crippen LogP contribution in [0.25, 0.3) is 0 Å². The molecule has 24 heavy (non-hydrogen) atoms. The number of likely N-dealkylation sites (tertiary alicyclic amines) is 1. The standard InChI is InChI=1S/C16H24N4O2.2ClH/c1-12-3-4-14(18-11-12)19-16(22)13-6-9-20(10-7-13)15(21)5-8-17-2;;/h3-4,11,13,17H,5-10H2,1-2H3,(H,18,19,22);2*1H. The fourth-order valence-corrected chi connectivity index (χ4v) is 2.55. The van der Waals surface area contributed by atoms with Gasteiger partial charge in [-0.3, -0.25) is 9.59 Å². The molecule has 1 aliphatic rings. The van der Waals surface area contributed by atoms with Gasteiger partial charge in [-0.05, 0) is 38.4 Å². The number of hydrogen-bond acceptors (Lipinski definition) is 4. The van der Waals surface area contributed by atoms with E-state index in [4.69, 9.17) is 0 Å². The molecule has 2 heterocycles. The molecule has 1 aromatic heterocycles. The summed E-state index contributed by atoms with van der Waals surface area (Å²) in [6.45, 7) is 3.96. The molecule has 0 saturated carbocycles. The summed E-state index contributed by atoms with van der Waals surface area (Å²) in [6.07, 6.45) is 3.67. The highest BCUT2D eigenvalue weighted by molar-refractivity contribution is 5.91. The minimum Gasteiger partial charge on any atom is -0.343 e. The Morgan fingerprint density at radius 1 is 1.25 bits per heavy atom. The van der Waals surface area contributed by atoms with Gasteiger partial charge in [-0.15, -0.1) is 24.8 Å². The van der Waals surface area contributed by atoms with Crippen LogP contribution < -0.4 is 10.6 Å². The minimum absolute atomic E-state index is 0. The van der Waals surface area contributed by atoms with E-state index in [1.54, 1.807) is 6.20 Å². The van der Waals surface area contributed by atoms with Crippen LogP contribution in [0.1, 0.15) is 24.8 Å². The third-order valence-corrected chi connectivity index (χ3v) is 3.97. The Morgan fingerprint density at radius 3 is 2.46 bits per heavy atom. The van der Waals surface area contributed by atoms with E-state index in [-0.39, 0.29) is 42.5 Å². The molecule has 0 atom stereocenters. The molecular formula is C16H26Cl2N4O2. The van der Waals surface area contributed by atoms with E-state index in [1.807, 2.05) is 31.0 Å². The average Bonchev–Trinajstić information content (AvgIpc) is 2.55. The van der Waals surface area contributed by atoms with Gasteiger partial charge in [-0.1, -0.05) is 6.07 Å². The molecule has 0 spiro atoms. The highest BCUT2D eigenvalue weighted by Gasteiger charge is 2.27. The number of pyridine rings is 1. The maximum Gasteiger partial charge on any atom is 0.228 e. The number of anilines is 1. The number of nitrogens with one attached hydrogen (secondary N) is 2. The first-order valence-electron chi connectivity index (χ1n) is 7.76. The topological polar surface area (TPSA) is 74.3 Å². The van der Waals surface area contributed by atoms with Gasteiger partial charge in [0, 0.05) is 38.2 Å². The lowest BCUT2D eigenvalue weighted by Crippen LogP contribution is -2.42. The van der Waals surface area contributed by atoms with Crippen molar-refractivity contribution in [2.75, 3.05) is 32.0 Å². The quantitative estimate of drug-likeness (QED) is 0.824. The van der Waals surface area contributed by atoms with E-state index < -0.39 is 0 Å². The average molecular weight is 377 g/mol. The van der Waals surface area contributed by atoms with Crippen molar-refractivity contribution in [2.24, 2.45) is 5.92 Å². The van der Waals surface area contributed by atoms with Gasteiger partial charge in [0.15, 0.2) is 0 Å². The number of amides is 2. The van der Waals surface area contributed by atoms with Gasteiger partial charge in [0.1, 0.15) is 5.82 Å². The SMILES string of the molecule is CNCCC(=O)N1CCC(C(=O)Nc2ccc(C)cn2)CC1.Cl.Cl. The molecule has 0 radical (unpaired) electrons. The van der Waals surface area contributed by atoms with E-state index in [0.717, 1.165) is 5.56 Å². The van der Waals surface area contributed by atoms with E-state index in [2.05, 4.69) is 15.6 Å². The fourth-order valence-electron chi connectivity index (χ4n) is 2.55. The molecule has 2 amide bonds. The smallest absolute Gasteiger partial charge is 0.228 e. The van der Waals surface area contributed by atoms with Crippen molar-refractivity contribution in [3.8, 4) is 0 Å². The fraction of sp³-hybridized carbons (Fsp3) is 0.562. The maximum atomic E-state index is 12.2. The van der Waals surface area contributed by atoms with E-state index >= 15 is 0 Å². The van der Waals surface area contributed by atoms with Gasteiger partial charge < -0.3 is 15.5 Å². The molecule has 8 heteroatoms. The van der Waals surface area contributed by atoms with Crippen molar-refractivity contribution < 1.29 is 9.59 Å². The summed E-state index contributed by atoms with van der Waals surface area (Å²) < 4.78 is 0. The van der Waals surface area contributed by atoms with Crippen LogP contribution in [0.5, 0.6) is 0 Å². The van der Waals surface area contributed by atoms with Crippen LogP contribution in [0, 0.1) is 12.8 Å². The summed E-state index contributed by atoms with van der Waals surface area (Å²) in [5.41, 5.74) is 1.06. The molecule has 1 aliphatic heterocycles. The molecule has 6 nitrogen and oxygen atoms in total. The Labute approximate surface area is 155 Å². The number of halogens is 2. The Morgan fingerprint density at radius 2 is 1.92 bits per heavy atom. The summed E-state index contributed by atoms with van der Waals surface area (Å²) in [4.78, 5) is 30.2. The van der Waals surface area contributed by atoms with Crippen LogP contribution in [0.15, 0.2) is 18.3 Å². The van der Waals surface area contributed by atoms with Crippen molar-refractivity contribution in [1.29, 1.82) is 0 Å². The zero-order chi connectivity index (χ0) is 15.9. The van der Waals surface area contributed by atoms with Crippen LogP contribution in [-0.4, -0.2) is 48.4 Å². The molecular weight excluding hydrogens is 351 g/mol. The lowest BCUT2D eigenvalue weighted by molar-refractivity contribution is -0.134. The van der Waals surface area contributed by atoms with Crippen LogP contribution in [0.2, 0.25) is 0 Å². The summed E-state index contributed by atoms with van der Waals surface area (Å²) >= 11 is 0. The molecule has 0 aromatic carbocycles. The zero-order valence-electron chi connectivity index (χ0n) is 14.1. The van der Waals surface area contributed by atoms with E-state index in [1.165, 1.54) is 0 Å². The van der Waals surface area contributed by atoms with Crippen molar-refractivity contribution in [3.05, 3.63) is 23.9 Å². The second kappa shape index (κ2) is 11.2. The molecule has 1 aromatic rings. The van der Waals surface area contributed by atoms with Gasteiger partial charge >= 0.3 is 0 Å². The molecule has 0 aliphatic carbocycles. The predicted molar refractivity (Wildman–Crippen MR) is 99.9 cm³/mol. The molecule has 0 bridgehead atoms. The van der Waals surface area contributed by atoms with Crippen LogP contribution in [0.4, 0.5) is 5.82 Å². The normalized spacial score (nSPS) is 14.3. The van der Waals surface area contributed by atoms with Crippen LogP contribution >= 0.6 is 24.8 Å².